The van der Waals surface area contributed by atoms with Crippen LogP contribution in [0, 0.1) is 0 Å². The van der Waals surface area contributed by atoms with E-state index in [0.717, 1.165) is 6.54 Å². The number of sulfonamides is 1. The molecule has 1 saturated heterocycles. The molecule has 1 fully saturated rings. The van der Waals surface area contributed by atoms with Crippen molar-refractivity contribution in [2.24, 2.45) is 5.73 Å². The highest BCUT2D eigenvalue weighted by atomic mass is 35.5. The van der Waals surface area contributed by atoms with Crippen molar-refractivity contribution < 1.29 is 13.2 Å². The summed E-state index contributed by atoms with van der Waals surface area (Å²) in [7, 11) is -3.92. The molecule has 7 nitrogen and oxygen atoms in total. The Morgan fingerprint density at radius 1 is 1.07 bits per heavy atom. The number of hydrogen-bond acceptors (Lipinski definition) is 4. The van der Waals surface area contributed by atoms with Crippen LogP contribution in [0.15, 0.2) is 53.4 Å². The number of nitrogens with zero attached hydrogens (tertiary/aromatic N) is 2. The molecule has 1 aliphatic heterocycles. The Bertz CT molecular complexity index is 1150. The fraction of sp³-hybridized carbons (Fsp3) is 0.250. The number of benzene rings is 2. The maximum absolute atomic E-state index is 13.4. The molecule has 2 heterocycles. The van der Waals surface area contributed by atoms with Crippen molar-refractivity contribution in [1.82, 2.24) is 14.2 Å². The van der Waals surface area contributed by atoms with Gasteiger partial charge in [-0.1, -0.05) is 41.9 Å². The molecule has 4 rings (SSSR count). The fourth-order valence-corrected chi connectivity index (χ4v) is 5.61. The molecule has 3 N–H and O–H groups in total. The van der Waals surface area contributed by atoms with Crippen molar-refractivity contribution >= 4 is 38.4 Å². The SMILES string of the molecule is NC(=O)c1[nH]c2ccc(Cl)cc2c1S(=O)(=O)N1CCN(Cc2ccccc2)CC1. The van der Waals surface area contributed by atoms with E-state index >= 15 is 0 Å². The molecule has 0 unspecified atom stereocenters. The predicted octanol–water partition coefficient (Wildman–Crippen LogP) is 2.43. The molecule has 1 aliphatic rings. The quantitative estimate of drug-likeness (QED) is 0.646. The Labute approximate surface area is 174 Å². The van der Waals surface area contributed by atoms with Gasteiger partial charge < -0.3 is 10.7 Å². The van der Waals surface area contributed by atoms with Crippen molar-refractivity contribution in [2.45, 2.75) is 11.4 Å². The first-order valence-electron chi connectivity index (χ1n) is 9.24. The van der Waals surface area contributed by atoms with Crippen LogP contribution >= 0.6 is 11.6 Å². The number of aromatic amines is 1. The number of halogens is 1. The monoisotopic (exact) mass is 432 g/mol. The van der Waals surface area contributed by atoms with Crippen molar-refractivity contribution in [3.8, 4) is 0 Å². The van der Waals surface area contributed by atoms with Gasteiger partial charge in [0, 0.05) is 48.6 Å². The standard InChI is InChI=1S/C20H21ClN4O3S/c21-15-6-7-17-16(12-15)19(18(23-17)20(22)26)29(27,28)25-10-8-24(9-11-25)13-14-4-2-1-3-5-14/h1-7,12,23H,8-11,13H2,(H2,22,26). The van der Waals surface area contributed by atoms with Gasteiger partial charge in [0.1, 0.15) is 10.6 Å². The minimum atomic E-state index is -3.92. The second-order valence-electron chi connectivity index (χ2n) is 7.05. The first-order chi connectivity index (χ1) is 13.9. The Balaban J connectivity index is 1.60. The molecule has 9 heteroatoms. The number of H-pyrrole nitrogens is 1. The van der Waals surface area contributed by atoms with Crippen LogP contribution in [0.1, 0.15) is 16.1 Å². The van der Waals surface area contributed by atoms with Crippen molar-refractivity contribution in [3.63, 3.8) is 0 Å². The summed E-state index contributed by atoms with van der Waals surface area (Å²) in [4.78, 5) is 16.9. The zero-order valence-corrected chi connectivity index (χ0v) is 17.2. The summed E-state index contributed by atoms with van der Waals surface area (Å²) in [6.45, 7) is 2.64. The van der Waals surface area contributed by atoms with E-state index in [2.05, 4.69) is 22.0 Å². The largest absolute Gasteiger partial charge is 0.364 e. The van der Waals surface area contributed by atoms with Gasteiger partial charge in [0.05, 0.1) is 0 Å². The van der Waals surface area contributed by atoms with Crippen LogP contribution in [0.3, 0.4) is 0 Å². The molecule has 29 heavy (non-hydrogen) atoms. The van der Waals surface area contributed by atoms with Gasteiger partial charge in [-0.2, -0.15) is 4.31 Å². The van der Waals surface area contributed by atoms with Gasteiger partial charge in [0.15, 0.2) is 0 Å². The molecule has 1 aromatic heterocycles. The number of piperazine rings is 1. The molecule has 0 aliphatic carbocycles. The van der Waals surface area contributed by atoms with Gasteiger partial charge in [0.2, 0.25) is 10.0 Å². The highest BCUT2D eigenvalue weighted by molar-refractivity contribution is 7.89. The molecule has 1 amide bonds. The second kappa shape index (κ2) is 7.79. The molecule has 0 saturated carbocycles. The summed E-state index contributed by atoms with van der Waals surface area (Å²) in [5.74, 6) is -0.821. The lowest BCUT2D eigenvalue weighted by Crippen LogP contribution is -2.48. The Kier molecular flexibility index (Phi) is 5.35. The average Bonchev–Trinajstić information content (AvgIpc) is 3.09. The summed E-state index contributed by atoms with van der Waals surface area (Å²) in [6.07, 6.45) is 0. The van der Waals surface area contributed by atoms with Gasteiger partial charge in [0.25, 0.3) is 5.91 Å². The molecular weight excluding hydrogens is 412 g/mol. The van der Waals surface area contributed by atoms with E-state index in [1.807, 2.05) is 18.2 Å². The molecular formula is C20H21ClN4O3S. The number of primary amides is 1. The van der Waals surface area contributed by atoms with Gasteiger partial charge in [-0.25, -0.2) is 8.42 Å². The topological polar surface area (TPSA) is 99.5 Å². The number of amides is 1. The van der Waals surface area contributed by atoms with E-state index in [-0.39, 0.29) is 10.6 Å². The number of aromatic nitrogens is 1. The lowest BCUT2D eigenvalue weighted by molar-refractivity contribution is 0.0993. The van der Waals surface area contributed by atoms with Gasteiger partial charge in [-0.3, -0.25) is 9.69 Å². The van der Waals surface area contributed by atoms with Crippen molar-refractivity contribution in [1.29, 1.82) is 0 Å². The van der Waals surface area contributed by atoms with Crippen LogP contribution in [0.5, 0.6) is 0 Å². The number of hydrogen-bond donors (Lipinski definition) is 2. The normalized spacial score (nSPS) is 16.3. The summed E-state index contributed by atoms with van der Waals surface area (Å²) < 4.78 is 28.2. The lowest BCUT2D eigenvalue weighted by atomic mass is 10.2. The van der Waals surface area contributed by atoms with Crippen LogP contribution in [0.25, 0.3) is 10.9 Å². The first kappa shape index (κ1) is 19.9. The van der Waals surface area contributed by atoms with Gasteiger partial charge >= 0.3 is 0 Å². The maximum atomic E-state index is 13.4. The van der Waals surface area contributed by atoms with E-state index in [0.29, 0.717) is 42.1 Å². The fourth-order valence-electron chi connectivity index (χ4n) is 3.68. The Morgan fingerprint density at radius 3 is 2.41 bits per heavy atom. The van der Waals surface area contributed by atoms with E-state index in [9.17, 15) is 13.2 Å². The van der Waals surface area contributed by atoms with Crippen LogP contribution < -0.4 is 5.73 Å². The third kappa shape index (κ3) is 3.89. The third-order valence-corrected chi connectivity index (χ3v) is 7.36. The van der Waals surface area contributed by atoms with E-state index < -0.39 is 15.9 Å². The number of carbonyl (C=O) groups is 1. The molecule has 2 aromatic carbocycles. The smallest absolute Gasteiger partial charge is 0.266 e. The third-order valence-electron chi connectivity index (χ3n) is 5.14. The summed E-state index contributed by atoms with van der Waals surface area (Å²) >= 11 is 6.07. The van der Waals surface area contributed by atoms with E-state index in [4.69, 9.17) is 17.3 Å². The minimum Gasteiger partial charge on any atom is -0.364 e. The number of nitrogens with two attached hydrogens (primary N) is 1. The first-order valence-corrected chi connectivity index (χ1v) is 11.1. The van der Waals surface area contributed by atoms with E-state index in [1.54, 1.807) is 18.2 Å². The number of nitrogens with one attached hydrogen (secondary N) is 1. The zero-order valence-electron chi connectivity index (χ0n) is 15.6. The summed E-state index contributed by atoms with van der Waals surface area (Å²) in [6, 6.07) is 14.9. The summed E-state index contributed by atoms with van der Waals surface area (Å²) in [5.41, 5.74) is 7.03. The predicted molar refractivity (Wildman–Crippen MR) is 112 cm³/mol. The zero-order chi connectivity index (χ0) is 20.6. The van der Waals surface area contributed by atoms with Crippen LogP contribution in [0.4, 0.5) is 0 Å². The highest BCUT2D eigenvalue weighted by Gasteiger charge is 2.34. The maximum Gasteiger partial charge on any atom is 0.266 e. The molecule has 0 radical (unpaired) electrons. The molecule has 3 aromatic rings. The van der Waals surface area contributed by atoms with Crippen LogP contribution in [-0.4, -0.2) is 54.7 Å². The highest BCUT2D eigenvalue weighted by Crippen LogP contribution is 2.32. The molecule has 0 atom stereocenters. The van der Waals surface area contributed by atoms with Gasteiger partial charge in [-0.15, -0.1) is 0 Å². The average molecular weight is 433 g/mol. The lowest BCUT2D eigenvalue weighted by Gasteiger charge is -2.34. The number of fused-ring (bicyclic) bond motifs is 1. The molecule has 0 spiro atoms. The summed E-state index contributed by atoms with van der Waals surface area (Å²) in [5, 5.41) is 0.759. The molecule has 0 bridgehead atoms. The van der Waals surface area contributed by atoms with Crippen molar-refractivity contribution in [3.05, 3.63) is 64.8 Å². The minimum absolute atomic E-state index is 0.0981. The van der Waals surface area contributed by atoms with E-state index in [1.165, 1.54) is 9.87 Å². The van der Waals surface area contributed by atoms with Gasteiger partial charge in [-0.05, 0) is 23.8 Å². The number of rotatable bonds is 5. The second-order valence-corrected chi connectivity index (χ2v) is 9.36. The molecule has 152 valence electrons. The van der Waals surface area contributed by atoms with Crippen molar-refractivity contribution in [2.75, 3.05) is 26.2 Å². The Hall–Kier alpha value is -2.39. The Morgan fingerprint density at radius 2 is 1.76 bits per heavy atom. The van der Waals surface area contributed by atoms with Crippen LogP contribution in [-0.2, 0) is 16.6 Å². The van der Waals surface area contributed by atoms with Crippen LogP contribution in [0.2, 0.25) is 5.02 Å². The number of carbonyl (C=O) groups excluding carboxylic acids is 1.